The Morgan fingerprint density at radius 3 is 2.50 bits per heavy atom. The minimum Gasteiger partial charge on any atom is -0.375 e. The van der Waals surface area contributed by atoms with E-state index in [2.05, 4.69) is 32.2 Å². The Kier molecular flexibility index (Phi) is 5.09. The third-order valence-corrected chi connectivity index (χ3v) is 5.41. The maximum atomic E-state index is 9.55. The van der Waals surface area contributed by atoms with Gasteiger partial charge >= 0.3 is 0 Å². The van der Waals surface area contributed by atoms with Gasteiger partial charge in [-0.3, -0.25) is 0 Å². The van der Waals surface area contributed by atoms with Gasteiger partial charge in [-0.25, -0.2) is 0 Å². The molecule has 3 heteroatoms. The molecule has 2 fully saturated rings. The Morgan fingerprint density at radius 1 is 1.30 bits per heavy atom. The fourth-order valence-electron chi connectivity index (χ4n) is 3.69. The third kappa shape index (κ3) is 3.35. The molecule has 20 heavy (non-hydrogen) atoms. The second-order valence-electron chi connectivity index (χ2n) is 7.28. The van der Waals surface area contributed by atoms with Crippen molar-refractivity contribution in [2.75, 3.05) is 13.7 Å². The van der Waals surface area contributed by atoms with Crippen molar-refractivity contribution < 1.29 is 4.74 Å². The van der Waals surface area contributed by atoms with Crippen LogP contribution in [-0.4, -0.2) is 25.3 Å². The van der Waals surface area contributed by atoms with Gasteiger partial charge in [-0.1, -0.05) is 27.2 Å². The molecule has 4 unspecified atom stereocenters. The number of rotatable bonds is 6. The Labute approximate surface area is 124 Å². The van der Waals surface area contributed by atoms with Gasteiger partial charge in [0.05, 0.1) is 18.8 Å². The summed E-state index contributed by atoms with van der Waals surface area (Å²) >= 11 is 0. The minimum atomic E-state index is -0.456. The number of nitriles is 1. The summed E-state index contributed by atoms with van der Waals surface area (Å²) in [5.41, 5.74) is -0.456. The van der Waals surface area contributed by atoms with Crippen molar-refractivity contribution in [1.29, 1.82) is 5.26 Å². The van der Waals surface area contributed by atoms with Crippen LogP contribution in [0.5, 0.6) is 0 Å². The van der Waals surface area contributed by atoms with E-state index in [0.717, 1.165) is 25.2 Å². The van der Waals surface area contributed by atoms with Crippen LogP contribution in [0.25, 0.3) is 0 Å². The zero-order valence-electron chi connectivity index (χ0n) is 13.5. The van der Waals surface area contributed by atoms with Crippen LogP contribution >= 0.6 is 0 Å². The Balaban J connectivity index is 1.97. The molecule has 0 aromatic carbocycles. The van der Waals surface area contributed by atoms with E-state index in [4.69, 9.17) is 4.74 Å². The zero-order chi connectivity index (χ0) is 14.8. The highest BCUT2D eigenvalue weighted by Gasteiger charge is 2.46. The van der Waals surface area contributed by atoms with Crippen molar-refractivity contribution in [2.24, 2.45) is 23.7 Å². The summed E-state index contributed by atoms with van der Waals surface area (Å²) in [6.45, 7) is 7.47. The first-order valence-electron chi connectivity index (χ1n) is 8.24. The molecule has 0 spiro atoms. The van der Waals surface area contributed by atoms with Crippen LogP contribution in [0, 0.1) is 35.0 Å². The first kappa shape index (κ1) is 15.8. The van der Waals surface area contributed by atoms with Gasteiger partial charge < -0.3 is 10.1 Å². The zero-order valence-corrected chi connectivity index (χ0v) is 13.5. The molecule has 114 valence electrons. The van der Waals surface area contributed by atoms with Gasteiger partial charge in [0.25, 0.3) is 0 Å². The van der Waals surface area contributed by atoms with E-state index in [9.17, 15) is 5.26 Å². The number of ether oxygens (including phenoxy) is 1. The molecule has 0 aliphatic heterocycles. The molecule has 0 amide bonds. The first-order chi connectivity index (χ1) is 9.52. The molecule has 3 nitrogen and oxygen atoms in total. The van der Waals surface area contributed by atoms with Crippen molar-refractivity contribution in [2.45, 2.75) is 64.5 Å². The van der Waals surface area contributed by atoms with Gasteiger partial charge in [0.2, 0.25) is 0 Å². The van der Waals surface area contributed by atoms with E-state index in [1.165, 1.54) is 12.8 Å². The molecule has 0 radical (unpaired) electrons. The van der Waals surface area contributed by atoms with Crippen LogP contribution in [-0.2, 0) is 4.74 Å². The fraction of sp³-hybridized carbons (Fsp3) is 0.941. The van der Waals surface area contributed by atoms with Gasteiger partial charge in [-0.2, -0.15) is 5.26 Å². The van der Waals surface area contributed by atoms with Crippen LogP contribution in [0.1, 0.15) is 52.9 Å². The molecule has 1 N–H and O–H groups in total. The maximum absolute atomic E-state index is 9.55. The number of hydrogen-bond donors (Lipinski definition) is 1. The highest BCUT2D eigenvalue weighted by molar-refractivity contribution is 5.15. The van der Waals surface area contributed by atoms with Gasteiger partial charge in [0.1, 0.15) is 5.54 Å². The lowest BCUT2D eigenvalue weighted by atomic mass is 9.75. The summed E-state index contributed by atoms with van der Waals surface area (Å²) < 4.78 is 6.29. The van der Waals surface area contributed by atoms with Crippen LogP contribution < -0.4 is 5.32 Å². The number of likely N-dealkylation sites (N-methyl/N-ethyl adjacent to an activating group) is 1. The molecule has 2 saturated carbocycles. The summed E-state index contributed by atoms with van der Waals surface area (Å²) in [4.78, 5) is 0. The standard InChI is InChI=1S/C17H30N2O/c1-12(2)15-8-5-13(3)9-16(15)20-11-17(10-18,19-4)14-6-7-14/h12-16,19H,5-9,11H2,1-4H3. The molecule has 0 aromatic rings. The average molecular weight is 278 g/mol. The maximum Gasteiger partial charge on any atom is 0.132 e. The van der Waals surface area contributed by atoms with Crippen molar-refractivity contribution in [3.8, 4) is 6.07 Å². The quantitative estimate of drug-likeness (QED) is 0.810. The molecule has 0 saturated heterocycles. The molecule has 2 aliphatic rings. The summed E-state index contributed by atoms with van der Waals surface area (Å²) in [7, 11) is 1.90. The molecule has 2 aliphatic carbocycles. The van der Waals surface area contributed by atoms with E-state index in [-0.39, 0.29) is 0 Å². The first-order valence-corrected chi connectivity index (χ1v) is 8.24. The topological polar surface area (TPSA) is 45.0 Å². The number of hydrogen-bond acceptors (Lipinski definition) is 3. The van der Waals surface area contributed by atoms with Crippen LogP contribution in [0.2, 0.25) is 0 Å². The summed E-state index contributed by atoms with van der Waals surface area (Å²) in [5, 5.41) is 12.8. The molecule has 0 heterocycles. The van der Waals surface area contributed by atoms with Crippen LogP contribution in [0.3, 0.4) is 0 Å². The van der Waals surface area contributed by atoms with E-state index < -0.39 is 5.54 Å². The Hall–Kier alpha value is -0.590. The van der Waals surface area contributed by atoms with Crippen molar-refractivity contribution >= 4 is 0 Å². The monoisotopic (exact) mass is 278 g/mol. The predicted octanol–water partition coefficient (Wildman–Crippen LogP) is 3.36. The third-order valence-electron chi connectivity index (χ3n) is 5.41. The van der Waals surface area contributed by atoms with Crippen LogP contribution in [0.4, 0.5) is 0 Å². The molecule has 4 atom stereocenters. The molecule has 0 bridgehead atoms. The van der Waals surface area contributed by atoms with E-state index in [1.54, 1.807) is 0 Å². The molecular weight excluding hydrogens is 248 g/mol. The van der Waals surface area contributed by atoms with Gasteiger partial charge in [-0.05, 0) is 56.4 Å². The summed E-state index contributed by atoms with van der Waals surface area (Å²) in [6, 6.07) is 2.49. The molecular formula is C17H30N2O. The number of nitrogens with one attached hydrogen (secondary N) is 1. The minimum absolute atomic E-state index is 0.332. The van der Waals surface area contributed by atoms with Gasteiger partial charge in [0.15, 0.2) is 0 Å². The number of nitrogens with zero attached hydrogens (tertiary/aromatic N) is 1. The van der Waals surface area contributed by atoms with Gasteiger partial charge in [0, 0.05) is 0 Å². The van der Waals surface area contributed by atoms with Crippen molar-refractivity contribution in [3.63, 3.8) is 0 Å². The van der Waals surface area contributed by atoms with Gasteiger partial charge in [-0.15, -0.1) is 0 Å². The van der Waals surface area contributed by atoms with E-state index in [0.29, 0.717) is 30.5 Å². The van der Waals surface area contributed by atoms with Crippen molar-refractivity contribution in [3.05, 3.63) is 0 Å². The highest BCUT2D eigenvalue weighted by Crippen LogP contribution is 2.41. The lowest BCUT2D eigenvalue weighted by Crippen LogP contribution is -2.50. The molecule has 2 rings (SSSR count). The molecule has 0 aromatic heterocycles. The average Bonchev–Trinajstić information content (AvgIpc) is 3.25. The van der Waals surface area contributed by atoms with E-state index >= 15 is 0 Å². The normalized spacial score (nSPS) is 33.7. The predicted molar refractivity (Wildman–Crippen MR) is 81.2 cm³/mol. The summed E-state index contributed by atoms with van der Waals surface area (Å²) in [6.07, 6.45) is 6.39. The largest absolute Gasteiger partial charge is 0.375 e. The second-order valence-corrected chi connectivity index (χ2v) is 7.28. The lowest BCUT2D eigenvalue weighted by Gasteiger charge is -2.39. The smallest absolute Gasteiger partial charge is 0.132 e. The Bertz CT molecular complexity index is 358. The SMILES string of the molecule is CNC(C#N)(COC1CC(C)CCC1C(C)C)C1CC1. The summed E-state index contributed by atoms with van der Waals surface area (Å²) in [5.74, 6) is 2.55. The lowest BCUT2D eigenvalue weighted by molar-refractivity contribution is -0.0557. The highest BCUT2D eigenvalue weighted by atomic mass is 16.5. The van der Waals surface area contributed by atoms with E-state index in [1.807, 2.05) is 7.05 Å². The van der Waals surface area contributed by atoms with Crippen molar-refractivity contribution in [1.82, 2.24) is 5.32 Å². The van der Waals surface area contributed by atoms with Crippen LogP contribution in [0.15, 0.2) is 0 Å². The Morgan fingerprint density at radius 2 is 2.00 bits per heavy atom. The second kappa shape index (κ2) is 6.45. The fourth-order valence-corrected chi connectivity index (χ4v) is 3.69.